The van der Waals surface area contributed by atoms with E-state index in [2.05, 4.69) is 0 Å². The average molecular weight is 345 g/mol. The van der Waals surface area contributed by atoms with Crippen molar-refractivity contribution >= 4 is 22.7 Å². The van der Waals surface area contributed by atoms with Gasteiger partial charge in [-0.05, 0) is 12.1 Å². The van der Waals surface area contributed by atoms with Crippen LogP contribution < -0.4 is 0 Å². The fourth-order valence-corrected chi connectivity index (χ4v) is 2.91. The summed E-state index contributed by atoms with van der Waals surface area (Å²) < 4.78 is 17.3. The molecule has 0 bridgehead atoms. The molecule has 0 spiro atoms. The van der Waals surface area contributed by atoms with Crippen molar-refractivity contribution in [3.63, 3.8) is 0 Å². The van der Waals surface area contributed by atoms with Crippen LogP contribution in [0.4, 0.5) is 0 Å². The first kappa shape index (κ1) is 17.9. The van der Waals surface area contributed by atoms with E-state index < -0.39 is 22.9 Å². The second-order valence-corrected chi connectivity index (χ2v) is 6.73. The maximum atomic E-state index is 12.6. The molecule has 0 unspecified atom stereocenters. The van der Waals surface area contributed by atoms with Gasteiger partial charge in [0.05, 0.1) is 21.3 Å². The molecular formula is C18H19NO4S. The average Bonchev–Trinajstić information content (AvgIpc) is 2.59. The highest BCUT2D eigenvalue weighted by Gasteiger charge is 2.28. The molecule has 2 aromatic carbocycles. The van der Waals surface area contributed by atoms with Gasteiger partial charge in [0.15, 0.2) is 0 Å². The Morgan fingerprint density at radius 3 is 2.17 bits per heavy atom. The van der Waals surface area contributed by atoms with Crippen LogP contribution in [0.5, 0.6) is 0 Å². The topological polar surface area (TPSA) is 63.7 Å². The Morgan fingerprint density at radius 2 is 1.58 bits per heavy atom. The largest absolute Gasteiger partial charge is 0.444 e. The highest BCUT2D eigenvalue weighted by molar-refractivity contribution is 7.84. The Kier molecular flexibility index (Phi) is 5.87. The number of nitrogens with zero attached hydrogens (tertiary/aromatic N) is 1. The van der Waals surface area contributed by atoms with Crippen LogP contribution in [0.15, 0.2) is 59.5 Å². The molecule has 0 N–H and O–H groups in total. The lowest BCUT2D eigenvalue weighted by Gasteiger charge is -2.21. The second-order valence-electron chi connectivity index (χ2n) is 5.38. The van der Waals surface area contributed by atoms with Crippen LogP contribution in [0.1, 0.15) is 22.0 Å². The quantitative estimate of drug-likeness (QED) is 0.781. The lowest BCUT2D eigenvalue weighted by atomic mass is 10.1. The van der Waals surface area contributed by atoms with Gasteiger partial charge in [0.25, 0.3) is 5.91 Å². The van der Waals surface area contributed by atoms with E-state index in [1.54, 1.807) is 62.6 Å². The number of rotatable bonds is 5. The smallest absolute Gasteiger partial charge is 0.340 e. The number of carbonyl (C=O) groups is 2. The molecule has 0 radical (unpaired) electrons. The van der Waals surface area contributed by atoms with Gasteiger partial charge in [-0.25, -0.2) is 4.79 Å². The minimum atomic E-state index is -1.34. The number of likely N-dealkylation sites (N-methyl/N-ethyl adjacent to an activating group) is 1. The fraction of sp³-hybridized carbons (Fsp3) is 0.222. The molecule has 0 heterocycles. The lowest BCUT2D eigenvalue weighted by molar-refractivity contribution is -0.138. The normalized spacial score (nSPS) is 13.0. The Labute approximate surface area is 143 Å². The predicted octanol–water partition coefficient (Wildman–Crippen LogP) is 2.41. The van der Waals surface area contributed by atoms with Crippen molar-refractivity contribution < 1.29 is 18.5 Å². The summed E-state index contributed by atoms with van der Waals surface area (Å²) in [5.74, 6) is -1.02. The molecule has 0 saturated carbocycles. The van der Waals surface area contributed by atoms with Crippen molar-refractivity contribution in [3.8, 4) is 0 Å². The van der Waals surface area contributed by atoms with Crippen molar-refractivity contribution in [1.29, 1.82) is 0 Å². The molecule has 2 rings (SSSR count). The van der Waals surface area contributed by atoms with E-state index in [0.717, 1.165) is 0 Å². The molecule has 0 saturated heterocycles. The van der Waals surface area contributed by atoms with E-state index in [4.69, 9.17) is 4.74 Å². The number of carbonyl (C=O) groups excluding carboxylic acids is 2. The molecule has 0 fully saturated rings. The molecule has 6 heteroatoms. The van der Waals surface area contributed by atoms with Gasteiger partial charge in [0, 0.05) is 25.9 Å². The number of amides is 1. The molecule has 0 aliphatic rings. The summed E-state index contributed by atoms with van der Waals surface area (Å²) in [5.41, 5.74) is 0.783. The third-order valence-corrected chi connectivity index (χ3v) is 4.38. The van der Waals surface area contributed by atoms with Gasteiger partial charge in [-0.2, -0.15) is 0 Å². The van der Waals surface area contributed by atoms with Crippen LogP contribution in [0.2, 0.25) is 0 Å². The highest BCUT2D eigenvalue weighted by Crippen LogP contribution is 2.23. The number of hydrogen-bond acceptors (Lipinski definition) is 4. The summed E-state index contributed by atoms with van der Waals surface area (Å²) in [6, 6.07) is 15.3. The van der Waals surface area contributed by atoms with Crippen molar-refractivity contribution in [2.24, 2.45) is 0 Å². The summed E-state index contributed by atoms with van der Waals surface area (Å²) in [7, 11) is 1.86. The van der Waals surface area contributed by atoms with Gasteiger partial charge in [-0.15, -0.1) is 0 Å². The van der Waals surface area contributed by atoms with E-state index in [1.807, 2.05) is 6.07 Å². The summed E-state index contributed by atoms with van der Waals surface area (Å²) in [5, 5.41) is 0. The van der Waals surface area contributed by atoms with Gasteiger partial charge in [0.2, 0.25) is 6.10 Å². The van der Waals surface area contributed by atoms with Gasteiger partial charge in [0.1, 0.15) is 0 Å². The van der Waals surface area contributed by atoms with Crippen LogP contribution in [0.3, 0.4) is 0 Å². The van der Waals surface area contributed by atoms with E-state index in [9.17, 15) is 13.8 Å². The maximum Gasteiger partial charge on any atom is 0.340 e. The van der Waals surface area contributed by atoms with Crippen molar-refractivity contribution in [1.82, 2.24) is 4.90 Å². The molecule has 2 aromatic rings. The molecule has 126 valence electrons. The molecule has 24 heavy (non-hydrogen) atoms. The zero-order chi connectivity index (χ0) is 17.7. The molecule has 2 atom stereocenters. The molecule has 0 aromatic heterocycles. The van der Waals surface area contributed by atoms with Crippen LogP contribution >= 0.6 is 0 Å². The number of ether oxygens (including phenoxy) is 1. The van der Waals surface area contributed by atoms with Gasteiger partial charge >= 0.3 is 5.97 Å². The molecule has 0 aliphatic carbocycles. The molecular weight excluding hydrogens is 326 g/mol. The van der Waals surface area contributed by atoms with Gasteiger partial charge in [-0.3, -0.25) is 9.00 Å². The van der Waals surface area contributed by atoms with E-state index in [-0.39, 0.29) is 11.5 Å². The summed E-state index contributed by atoms with van der Waals surface area (Å²) in [6.07, 6.45) is 0.443. The third-order valence-electron chi connectivity index (χ3n) is 3.41. The number of esters is 1. The summed E-state index contributed by atoms with van der Waals surface area (Å²) >= 11 is 0. The second kappa shape index (κ2) is 7.88. The van der Waals surface area contributed by atoms with Gasteiger partial charge < -0.3 is 9.64 Å². The van der Waals surface area contributed by atoms with Crippen LogP contribution in [0.25, 0.3) is 0 Å². The third kappa shape index (κ3) is 4.08. The van der Waals surface area contributed by atoms with E-state index >= 15 is 0 Å². The lowest BCUT2D eigenvalue weighted by Crippen LogP contribution is -2.31. The van der Waals surface area contributed by atoms with Crippen LogP contribution in [0, 0.1) is 0 Å². The van der Waals surface area contributed by atoms with Crippen molar-refractivity contribution in [2.75, 3.05) is 20.4 Å². The zero-order valence-corrected chi connectivity index (χ0v) is 14.6. The Balaban J connectivity index is 2.35. The van der Waals surface area contributed by atoms with Crippen LogP contribution in [-0.2, 0) is 20.3 Å². The molecule has 0 aliphatic heterocycles. The summed E-state index contributed by atoms with van der Waals surface area (Å²) in [6.45, 7) is 0. The molecule has 1 amide bonds. The summed E-state index contributed by atoms with van der Waals surface area (Å²) in [4.78, 5) is 26.7. The minimum absolute atomic E-state index is 0.200. The van der Waals surface area contributed by atoms with Crippen molar-refractivity contribution in [2.45, 2.75) is 11.0 Å². The van der Waals surface area contributed by atoms with E-state index in [0.29, 0.717) is 10.5 Å². The highest BCUT2D eigenvalue weighted by atomic mass is 32.2. The first-order valence-electron chi connectivity index (χ1n) is 7.31. The Morgan fingerprint density at radius 1 is 1.00 bits per heavy atom. The standard InChI is InChI=1S/C18H19NO4S/c1-19(2)17(20)16(13-9-5-4-6-10-13)23-18(21)14-11-7-8-12-15(14)24(3)22/h4-12,16H,1-3H3/t16-,24-/m1/s1. The minimum Gasteiger partial charge on any atom is -0.444 e. The number of hydrogen-bond donors (Lipinski definition) is 0. The zero-order valence-electron chi connectivity index (χ0n) is 13.8. The SMILES string of the molecule is CN(C)C(=O)[C@H](OC(=O)c1ccccc1[S@@](C)=O)c1ccccc1. The number of benzene rings is 2. The fourth-order valence-electron chi connectivity index (χ4n) is 2.18. The van der Waals surface area contributed by atoms with E-state index in [1.165, 1.54) is 11.2 Å². The Hall–Kier alpha value is -2.47. The maximum absolute atomic E-state index is 12.6. The van der Waals surface area contributed by atoms with Gasteiger partial charge in [-0.1, -0.05) is 42.5 Å². The first-order valence-corrected chi connectivity index (χ1v) is 8.87. The Bertz CT molecular complexity index is 759. The van der Waals surface area contributed by atoms with Crippen molar-refractivity contribution in [3.05, 3.63) is 65.7 Å². The molecule has 5 nitrogen and oxygen atoms in total. The van der Waals surface area contributed by atoms with Crippen LogP contribution in [-0.4, -0.2) is 41.3 Å². The monoisotopic (exact) mass is 345 g/mol. The first-order chi connectivity index (χ1) is 11.4. The predicted molar refractivity (Wildman–Crippen MR) is 92.1 cm³/mol.